The van der Waals surface area contributed by atoms with Crippen LogP contribution in [0.15, 0.2) is 28.8 Å². The molecule has 4 nitrogen and oxygen atoms in total. The number of nitrogens with zero attached hydrogens (tertiary/aromatic N) is 2. The molecule has 110 valence electrons. The highest BCUT2D eigenvalue weighted by atomic mass is 16.5. The number of rotatable bonds is 4. The summed E-state index contributed by atoms with van der Waals surface area (Å²) in [6, 6.07) is 8.54. The second-order valence-corrected chi connectivity index (χ2v) is 6.30. The molecule has 2 aromatic rings. The largest absolute Gasteiger partial charge is 0.392 e. The zero-order chi connectivity index (χ0) is 14.2. The molecule has 2 aliphatic carbocycles. The van der Waals surface area contributed by atoms with Gasteiger partial charge in [0.1, 0.15) is 0 Å². The number of aryl methyl sites for hydroxylation is 1. The Kier molecular flexibility index (Phi) is 3.26. The van der Waals surface area contributed by atoms with Crippen LogP contribution in [0.4, 0.5) is 0 Å². The molecule has 1 aromatic carbocycles. The molecule has 21 heavy (non-hydrogen) atoms. The molecule has 0 amide bonds. The summed E-state index contributed by atoms with van der Waals surface area (Å²) >= 11 is 0. The second kappa shape index (κ2) is 5.26. The van der Waals surface area contributed by atoms with E-state index in [9.17, 15) is 5.11 Å². The fourth-order valence-corrected chi connectivity index (χ4v) is 3.34. The average molecular weight is 284 g/mol. The Labute approximate surface area is 124 Å². The molecule has 1 N–H and O–H groups in total. The Morgan fingerprint density at radius 2 is 2.10 bits per heavy atom. The molecule has 0 bridgehead atoms. The Morgan fingerprint density at radius 1 is 1.24 bits per heavy atom. The standard InChI is InChI=1S/C17H20N2O2/c20-15(12-8-9-12)10-16-18-17(19-21-16)14-7-3-5-11-4-1-2-6-13(11)14/h1-2,4,6,12,14-15,20H,3,5,7-10H2. The summed E-state index contributed by atoms with van der Waals surface area (Å²) in [7, 11) is 0. The van der Waals surface area contributed by atoms with E-state index in [2.05, 4.69) is 34.4 Å². The van der Waals surface area contributed by atoms with Gasteiger partial charge in [-0.3, -0.25) is 0 Å². The van der Waals surface area contributed by atoms with Crippen molar-refractivity contribution in [3.05, 3.63) is 47.1 Å². The molecule has 2 atom stereocenters. The monoisotopic (exact) mass is 284 g/mol. The molecule has 2 unspecified atom stereocenters. The van der Waals surface area contributed by atoms with Crippen LogP contribution in [0.5, 0.6) is 0 Å². The van der Waals surface area contributed by atoms with E-state index >= 15 is 0 Å². The van der Waals surface area contributed by atoms with Gasteiger partial charge >= 0.3 is 0 Å². The maximum absolute atomic E-state index is 9.99. The van der Waals surface area contributed by atoms with E-state index in [0.29, 0.717) is 18.2 Å². The van der Waals surface area contributed by atoms with Crippen molar-refractivity contribution < 1.29 is 9.63 Å². The van der Waals surface area contributed by atoms with Crippen LogP contribution in [0, 0.1) is 5.92 Å². The quantitative estimate of drug-likeness (QED) is 0.938. The zero-order valence-corrected chi connectivity index (χ0v) is 12.0. The summed E-state index contributed by atoms with van der Waals surface area (Å²) in [6.07, 6.45) is 5.79. The third kappa shape index (κ3) is 2.60. The van der Waals surface area contributed by atoms with Crippen LogP contribution in [-0.4, -0.2) is 21.4 Å². The number of hydrogen-bond donors (Lipinski definition) is 1. The molecule has 1 aromatic heterocycles. The minimum absolute atomic E-state index is 0.241. The van der Waals surface area contributed by atoms with E-state index in [1.165, 1.54) is 11.1 Å². The molecule has 4 rings (SSSR count). The van der Waals surface area contributed by atoms with Crippen LogP contribution in [0.25, 0.3) is 0 Å². The first-order valence-corrected chi connectivity index (χ1v) is 7.89. The van der Waals surface area contributed by atoms with Crippen LogP contribution in [0.2, 0.25) is 0 Å². The van der Waals surface area contributed by atoms with Crippen LogP contribution in [0.3, 0.4) is 0 Å². The van der Waals surface area contributed by atoms with Gasteiger partial charge in [-0.15, -0.1) is 0 Å². The number of aliphatic hydroxyl groups is 1. The van der Waals surface area contributed by atoms with E-state index in [-0.39, 0.29) is 12.0 Å². The van der Waals surface area contributed by atoms with E-state index in [1.807, 2.05) is 0 Å². The van der Waals surface area contributed by atoms with Crippen molar-refractivity contribution in [3.63, 3.8) is 0 Å². The third-order valence-corrected chi connectivity index (χ3v) is 4.71. The Morgan fingerprint density at radius 3 is 2.95 bits per heavy atom. The van der Waals surface area contributed by atoms with Crippen molar-refractivity contribution in [2.75, 3.05) is 0 Å². The summed E-state index contributed by atoms with van der Waals surface area (Å²) in [5.41, 5.74) is 2.73. The van der Waals surface area contributed by atoms with Crippen molar-refractivity contribution in [1.82, 2.24) is 10.1 Å². The first kappa shape index (κ1) is 13.0. The highest BCUT2D eigenvalue weighted by Crippen LogP contribution is 2.36. The fourth-order valence-electron chi connectivity index (χ4n) is 3.34. The number of aliphatic hydroxyl groups excluding tert-OH is 1. The number of aromatic nitrogens is 2. The number of fused-ring (bicyclic) bond motifs is 1. The SMILES string of the molecule is OC(Cc1nc(C2CCCc3ccccc32)no1)C1CC1. The Hall–Kier alpha value is -1.68. The van der Waals surface area contributed by atoms with Crippen LogP contribution in [0.1, 0.15) is 54.4 Å². The Bertz CT molecular complexity index is 633. The maximum Gasteiger partial charge on any atom is 0.229 e. The van der Waals surface area contributed by atoms with Gasteiger partial charge in [0.25, 0.3) is 0 Å². The molecule has 0 radical (unpaired) electrons. The van der Waals surface area contributed by atoms with Gasteiger partial charge in [0.2, 0.25) is 5.89 Å². The van der Waals surface area contributed by atoms with Crippen molar-refractivity contribution >= 4 is 0 Å². The summed E-state index contributed by atoms with van der Waals surface area (Å²) in [5, 5.41) is 14.2. The lowest BCUT2D eigenvalue weighted by molar-refractivity contribution is 0.140. The lowest BCUT2D eigenvalue weighted by Gasteiger charge is -2.22. The predicted octanol–water partition coefficient (Wildman–Crippen LogP) is 2.85. The first-order chi connectivity index (χ1) is 10.3. The van der Waals surface area contributed by atoms with Gasteiger partial charge in [-0.2, -0.15) is 4.98 Å². The summed E-state index contributed by atoms with van der Waals surface area (Å²) in [6.45, 7) is 0. The minimum Gasteiger partial charge on any atom is -0.392 e. The van der Waals surface area contributed by atoms with E-state index in [0.717, 1.165) is 37.9 Å². The first-order valence-electron chi connectivity index (χ1n) is 7.89. The van der Waals surface area contributed by atoms with Crippen LogP contribution < -0.4 is 0 Å². The van der Waals surface area contributed by atoms with Crippen LogP contribution in [-0.2, 0) is 12.8 Å². The number of benzene rings is 1. The van der Waals surface area contributed by atoms with Gasteiger partial charge < -0.3 is 9.63 Å². The smallest absolute Gasteiger partial charge is 0.229 e. The van der Waals surface area contributed by atoms with E-state index in [4.69, 9.17) is 4.52 Å². The van der Waals surface area contributed by atoms with Gasteiger partial charge in [-0.1, -0.05) is 29.4 Å². The van der Waals surface area contributed by atoms with Crippen molar-refractivity contribution in [1.29, 1.82) is 0 Å². The van der Waals surface area contributed by atoms with E-state index < -0.39 is 0 Å². The third-order valence-electron chi connectivity index (χ3n) is 4.71. The van der Waals surface area contributed by atoms with Gasteiger partial charge in [0.15, 0.2) is 5.82 Å². The van der Waals surface area contributed by atoms with E-state index in [1.54, 1.807) is 0 Å². The molecule has 0 saturated heterocycles. The fraction of sp³-hybridized carbons (Fsp3) is 0.529. The zero-order valence-electron chi connectivity index (χ0n) is 12.0. The molecular formula is C17H20N2O2. The molecule has 0 spiro atoms. The normalized spacial score (nSPS) is 22.8. The topological polar surface area (TPSA) is 59.2 Å². The molecular weight excluding hydrogens is 264 g/mol. The predicted molar refractivity (Wildman–Crippen MR) is 78.0 cm³/mol. The lowest BCUT2D eigenvalue weighted by Crippen LogP contribution is -2.14. The lowest BCUT2D eigenvalue weighted by atomic mass is 9.82. The second-order valence-electron chi connectivity index (χ2n) is 6.30. The van der Waals surface area contributed by atoms with Crippen molar-refractivity contribution in [2.45, 2.75) is 50.5 Å². The molecule has 0 aliphatic heterocycles. The highest BCUT2D eigenvalue weighted by Gasteiger charge is 2.32. The van der Waals surface area contributed by atoms with Gasteiger partial charge in [-0.25, -0.2) is 0 Å². The number of hydrogen-bond acceptors (Lipinski definition) is 4. The van der Waals surface area contributed by atoms with Crippen LogP contribution >= 0.6 is 0 Å². The molecule has 1 heterocycles. The minimum atomic E-state index is -0.322. The van der Waals surface area contributed by atoms with Gasteiger partial charge in [0.05, 0.1) is 12.5 Å². The summed E-state index contributed by atoms with van der Waals surface area (Å²) < 4.78 is 5.36. The molecule has 1 fully saturated rings. The average Bonchev–Trinajstić information content (AvgIpc) is 3.27. The van der Waals surface area contributed by atoms with Crippen molar-refractivity contribution in [2.24, 2.45) is 5.92 Å². The Balaban J connectivity index is 1.55. The molecule has 1 saturated carbocycles. The van der Waals surface area contributed by atoms with Crippen molar-refractivity contribution in [3.8, 4) is 0 Å². The van der Waals surface area contributed by atoms with Gasteiger partial charge in [0, 0.05) is 5.92 Å². The van der Waals surface area contributed by atoms with Gasteiger partial charge in [-0.05, 0) is 49.1 Å². The summed E-state index contributed by atoms with van der Waals surface area (Å²) in [4.78, 5) is 4.55. The molecule has 2 aliphatic rings. The highest BCUT2D eigenvalue weighted by molar-refractivity contribution is 5.36. The maximum atomic E-state index is 9.99. The summed E-state index contributed by atoms with van der Waals surface area (Å²) in [5.74, 6) is 2.04. The molecule has 4 heteroatoms.